The third-order valence-corrected chi connectivity index (χ3v) is 5.92. The lowest BCUT2D eigenvalue weighted by molar-refractivity contribution is -0.385. The van der Waals surface area contributed by atoms with Gasteiger partial charge in [0.25, 0.3) is 5.69 Å². The topological polar surface area (TPSA) is 107 Å². The molecule has 0 amide bonds. The summed E-state index contributed by atoms with van der Waals surface area (Å²) in [6.07, 6.45) is -3.32. The van der Waals surface area contributed by atoms with Gasteiger partial charge in [0.1, 0.15) is 0 Å². The highest BCUT2D eigenvalue weighted by molar-refractivity contribution is 7.89. The van der Waals surface area contributed by atoms with Crippen LogP contribution < -0.4 is 5.73 Å². The van der Waals surface area contributed by atoms with Crippen LogP contribution in [0.1, 0.15) is 24.8 Å². The van der Waals surface area contributed by atoms with Gasteiger partial charge in [-0.1, -0.05) is 6.42 Å². The fourth-order valence-electron chi connectivity index (χ4n) is 2.73. The molecule has 0 radical (unpaired) electrons. The Morgan fingerprint density at radius 1 is 1.33 bits per heavy atom. The predicted octanol–water partition coefficient (Wildman–Crippen LogP) is 2.12. The maximum Gasteiger partial charge on any atom is 0.417 e. The molecule has 7 nitrogen and oxygen atoms in total. The molecule has 11 heteroatoms. The van der Waals surface area contributed by atoms with Crippen LogP contribution in [0.15, 0.2) is 23.1 Å². The summed E-state index contributed by atoms with van der Waals surface area (Å²) in [4.78, 5) is 8.71. The number of alkyl halides is 3. The first-order valence-electron chi connectivity index (χ1n) is 7.16. The van der Waals surface area contributed by atoms with Crippen molar-refractivity contribution in [2.45, 2.75) is 36.4 Å². The summed E-state index contributed by atoms with van der Waals surface area (Å²) in [5, 5.41) is 10.7. The number of hydrogen-bond donors (Lipinski definition) is 1. The number of benzene rings is 1. The van der Waals surface area contributed by atoms with Crippen LogP contribution in [-0.2, 0) is 16.2 Å². The van der Waals surface area contributed by atoms with Gasteiger partial charge in [0.2, 0.25) is 10.0 Å². The number of halogens is 3. The van der Waals surface area contributed by atoms with Crippen molar-refractivity contribution in [3.05, 3.63) is 33.9 Å². The third kappa shape index (κ3) is 3.52. The lowest BCUT2D eigenvalue weighted by Crippen LogP contribution is -2.47. The van der Waals surface area contributed by atoms with Crippen LogP contribution in [0.4, 0.5) is 18.9 Å². The summed E-state index contributed by atoms with van der Waals surface area (Å²) in [7, 11) is -4.47. The maximum absolute atomic E-state index is 13.2. The molecular formula is C13H16F3N3O4S. The molecule has 24 heavy (non-hydrogen) atoms. The molecule has 1 saturated heterocycles. The standard InChI is InChI=1S/C13H16F3N3O4S/c14-13(15,16)11-7-9(19(20)21)4-5-12(11)24(22,23)18-6-2-1-3-10(18)8-17/h4-5,7,10H,1-3,6,8,17H2. The van der Waals surface area contributed by atoms with Gasteiger partial charge < -0.3 is 5.73 Å². The van der Waals surface area contributed by atoms with Crippen molar-refractivity contribution in [1.82, 2.24) is 4.31 Å². The molecule has 1 atom stereocenters. The molecule has 134 valence electrons. The highest BCUT2D eigenvalue weighted by Crippen LogP contribution is 2.38. The number of nitrogens with two attached hydrogens (primary N) is 1. The third-order valence-electron chi connectivity index (χ3n) is 3.91. The first kappa shape index (κ1) is 18.6. The summed E-state index contributed by atoms with van der Waals surface area (Å²) in [6.45, 7) is 0.0616. The number of rotatable bonds is 4. The van der Waals surface area contributed by atoms with Crippen LogP contribution >= 0.6 is 0 Å². The van der Waals surface area contributed by atoms with Gasteiger partial charge in [-0.2, -0.15) is 17.5 Å². The van der Waals surface area contributed by atoms with Crippen molar-refractivity contribution in [1.29, 1.82) is 0 Å². The summed E-state index contributed by atoms with van der Waals surface area (Å²) < 4.78 is 66.1. The van der Waals surface area contributed by atoms with E-state index in [9.17, 15) is 31.7 Å². The van der Waals surface area contributed by atoms with E-state index in [1.54, 1.807) is 0 Å². The number of nitro benzene ring substituents is 1. The molecule has 0 bridgehead atoms. The number of sulfonamides is 1. The minimum Gasteiger partial charge on any atom is -0.329 e. The zero-order valence-corrected chi connectivity index (χ0v) is 13.3. The van der Waals surface area contributed by atoms with E-state index in [1.165, 1.54) is 0 Å². The molecule has 2 rings (SSSR count). The average molecular weight is 367 g/mol. The predicted molar refractivity (Wildman–Crippen MR) is 78.7 cm³/mol. The zero-order chi connectivity index (χ0) is 18.1. The minimum atomic E-state index is -5.04. The summed E-state index contributed by atoms with van der Waals surface area (Å²) in [6, 6.07) is 1.05. The van der Waals surface area contributed by atoms with Crippen LogP contribution in [0.5, 0.6) is 0 Å². The number of piperidine rings is 1. The SMILES string of the molecule is NCC1CCCCN1S(=O)(=O)c1ccc([N+](=O)[O-])cc1C(F)(F)F. The van der Waals surface area contributed by atoms with E-state index in [0.29, 0.717) is 18.9 Å². The Bertz CT molecular complexity index is 736. The Kier molecular flexibility index (Phi) is 5.16. The maximum atomic E-state index is 13.2. The van der Waals surface area contributed by atoms with E-state index in [-0.39, 0.29) is 19.2 Å². The molecule has 1 aromatic rings. The quantitative estimate of drug-likeness (QED) is 0.648. The number of non-ortho nitro benzene ring substituents is 1. The smallest absolute Gasteiger partial charge is 0.329 e. The molecule has 1 aliphatic heterocycles. The van der Waals surface area contributed by atoms with Crippen molar-refractivity contribution in [3.63, 3.8) is 0 Å². The van der Waals surface area contributed by atoms with Crippen LogP contribution in [-0.4, -0.2) is 36.8 Å². The highest BCUT2D eigenvalue weighted by Gasteiger charge is 2.42. The molecule has 0 spiro atoms. The van der Waals surface area contributed by atoms with E-state index in [1.807, 2.05) is 0 Å². The van der Waals surface area contributed by atoms with Crippen LogP contribution in [0, 0.1) is 10.1 Å². The van der Waals surface area contributed by atoms with Gasteiger partial charge in [-0.05, 0) is 18.9 Å². The van der Waals surface area contributed by atoms with Gasteiger partial charge in [0.15, 0.2) is 0 Å². The second kappa shape index (κ2) is 6.65. The average Bonchev–Trinajstić information content (AvgIpc) is 2.53. The van der Waals surface area contributed by atoms with E-state index in [4.69, 9.17) is 5.73 Å². The lowest BCUT2D eigenvalue weighted by Gasteiger charge is -2.34. The van der Waals surface area contributed by atoms with Crippen LogP contribution in [0.2, 0.25) is 0 Å². The number of hydrogen-bond acceptors (Lipinski definition) is 5. The van der Waals surface area contributed by atoms with Crippen LogP contribution in [0.25, 0.3) is 0 Å². The Morgan fingerprint density at radius 2 is 2.00 bits per heavy atom. The second-order valence-electron chi connectivity index (χ2n) is 5.44. The number of nitrogens with zero attached hydrogens (tertiary/aromatic N) is 2. The normalized spacial score (nSPS) is 20.1. The minimum absolute atomic E-state index is 0.00639. The molecule has 1 unspecified atom stereocenters. The molecule has 0 saturated carbocycles. The zero-order valence-electron chi connectivity index (χ0n) is 12.5. The highest BCUT2D eigenvalue weighted by atomic mass is 32.2. The van der Waals surface area contributed by atoms with Crippen molar-refractivity contribution in [3.8, 4) is 0 Å². The Morgan fingerprint density at radius 3 is 2.54 bits per heavy atom. The van der Waals surface area contributed by atoms with Crippen molar-refractivity contribution in [2.24, 2.45) is 5.73 Å². The first-order chi connectivity index (χ1) is 11.1. The van der Waals surface area contributed by atoms with E-state index >= 15 is 0 Å². The van der Waals surface area contributed by atoms with Crippen molar-refractivity contribution >= 4 is 15.7 Å². The molecule has 0 aromatic heterocycles. The van der Waals surface area contributed by atoms with E-state index in [2.05, 4.69) is 0 Å². The molecule has 1 aromatic carbocycles. The Labute approximate surface area is 136 Å². The first-order valence-corrected chi connectivity index (χ1v) is 8.60. The molecule has 1 fully saturated rings. The second-order valence-corrected chi connectivity index (χ2v) is 7.30. The molecule has 0 aliphatic carbocycles. The monoisotopic (exact) mass is 367 g/mol. The summed E-state index contributed by atoms with van der Waals surface area (Å²) in [5.74, 6) is 0. The summed E-state index contributed by atoms with van der Waals surface area (Å²) in [5.41, 5.74) is 3.17. The largest absolute Gasteiger partial charge is 0.417 e. The van der Waals surface area contributed by atoms with Crippen LogP contribution in [0.3, 0.4) is 0 Å². The van der Waals surface area contributed by atoms with Gasteiger partial charge >= 0.3 is 6.18 Å². The number of nitro groups is 1. The lowest BCUT2D eigenvalue weighted by atomic mass is 10.1. The van der Waals surface area contributed by atoms with E-state index < -0.39 is 43.3 Å². The molecule has 2 N–H and O–H groups in total. The fourth-order valence-corrected chi connectivity index (χ4v) is 4.63. The fraction of sp³-hybridized carbons (Fsp3) is 0.538. The van der Waals surface area contributed by atoms with Crippen molar-refractivity contribution < 1.29 is 26.5 Å². The summed E-state index contributed by atoms with van der Waals surface area (Å²) >= 11 is 0. The molecule has 1 aliphatic rings. The van der Waals surface area contributed by atoms with E-state index in [0.717, 1.165) is 16.8 Å². The van der Waals surface area contributed by atoms with Gasteiger partial charge in [-0.25, -0.2) is 8.42 Å². The van der Waals surface area contributed by atoms with Gasteiger partial charge in [-0.3, -0.25) is 10.1 Å². The Balaban J connectivity index is 2.59. The van der Waals surface area contributed by atoms with Gasteiger partial charge in [-0.15, -0.1) is 0 Å². The van der Waals surface area contributed by atoms with Gasteiger partial charge in [0, 0.05) is 31.3 Å². The Hall–Kier alpha value is -1.72. The van der Waals surface area contributed by atoms with Crippen molar-refractivity contribution in [2.75, 3.05) is 13.1 Å². The molecular weight excluding hydrogens is 351 g/mol. The molecule has 1 heterocycles. The van der Waals surface area contributed by atoms with Gasteiger partial charge in [0.05, 0.1) is 15.4 Å².